The third-order valence-corrected chi connectivity index (χ3v) is 3.05. The quantitative estimate of drug-likeness (QED) is 0.674. The lowest BCUT2D eigenvalue weighted by molar-refractivity contribution is -0.160. The van der Waals surface area contributed by atoms with Gasteiger partial charge in [0, 0.05) is 18.5 Å². The van der Waals surface area contributed by atoms with Crippen LogP contribution >= 0.6 is 0 Å². The first-order valence-electron chi connectivity index (χ1n) is 5.50. The van der Waals surface area contributed by atoms with Crippen LogP contribution in [-0.4, -0.2) is 41.7 Å². The third kappa shape index (κ3) is 2.69. The molecular formula is C11H24N2O2. The molecule has 0 aromatic rings. The zero-order chi connectivity index (χ0) is 12.3. The lowest BCUT2D eigenvalue weighted by Crippen LogP contribution is -2.62. The van der Waals surface area contributed by atoms with Crippen LogP contribution in [0.4, 0.5) is 0 Å². The van der Waals surface area contributed by atoms with Gasteiger partial charge < -0.3 is 15.7 Å². The molecule has 0 aromatic heterocycles. The maximum absolute atomic E-state index is 11.2. The van der Waals surface area contributed by atoms with E-state index >= 15 is 0 Å². The van der Waals surface area contributed by atoms with Crippen LogP contribution in [0.1, 0.15) is 34.1 Å². The molecule has 0 aliphatic carbocycles. The molecule has 1 fully saturated rings. The molecule has 1 heterocycles. The Labute approximate surface area is 92.4 Å². The van der Waals surface area contributed by atoms with Crippen LogP contribution in [0.5, 0.6) is 0 Å². The summed E-state index contributed by atoms with van der Waals surface area (Å²) in [6.45, 7) is 9.14. The van der Waals surface area contributed by atoms with E-state index in [9.17, 15) is 9.90 Å². The molecule has 0 saturated carbocycles. The summed E-state index contributed by atoms with van der Waals surface area (Å²) in [7, 11) is 1.97. The van der Waals surface area contributed by atoms with Crippen LogP contribution in [-0.2, 0) is 4.79 Å². The molecule has 1 saturated heterocycles. The Morgan fingerprint density at radius 1 is 1.40 bits per heavy atom. The number of nitrogens with zero attached hydrogens (tertiary/aromatic N) is 1. The lowest BCUT2D eigenvalue weighted by atomic mass is 9.69. The number of hydrogen-bond donors (Lipinski definition) is 2. The molecule has 0 spiro atoms. The normalized spacial score (nSPS) is 30.3. The average molecular weight is 216 g/mol. The second-order valence-corrected chi connectivity index (χ2v) is 4.60. The highest BCUT2D eigenvalue weighted by molar-refractivity contribution is 5.84. The Morgan fingerprint density at radius 2 is 1.87 bits per heavy atom. The van der Waals surface area contributed by atoms with E-state index in [0.717, 1.165) is 0 Å². The molecule has 4 heteroatoms. The number of piperidine rings is 1. The summed E-state index contributed by atoms with van der Waals surface area (Å²) in [5.74, 6) is -0.606. The van der Waals surface area contributed by atoms with E-state index < -0.39 is 16.9 Å². The molecule has 1 amide bonds. The molecule has 0 bridgehead atoms. The van der Waals surface area contributed by atoms with Gasteiger partial charge in [-0.2, -0.15) is 0 Å². The monoisotopic (exact) mass is 216 g/mol. The fraction of sp³-hybridized carbons (Fsp3) is 0.909. The van der Waals surface area contributed by atoms with Crippen molar-refractivity contribution >= 4 is 5.91 Å². The van der Waals surface area contributed by atoms with Gasteiger partial charge in [0.25, 0.3) is 0 Å². The van der Waals surface area contributed by atoms with E-state index in [1.54, 1.807) is 0 Å². The molecule has 1 aliphatic heterocycles. The van der Waals surface area contributed by atoms with E-state index in [1.165, 1.54) is 0 Å². The maximum atomic E-state index is 11.2. The molecular weight excluding hydrogens is 192 g/mol. The molecule has 1 atom stereocenters. The molecule has 0 aromatic carbocycles. The van der Waals surface area contributed by atoms with Gasteiger partial charge in [0.2, 0.25) is 5.91 Å². The van der Waals surface area contributed by atoms with Gasteiger partial charge in [0.1, 0.15) is 5.60 Å². The van der Waals surface area contributed by atoms with Crippen LogP contribution in [0.15, 0.2) is 0 Å². The Kier molecular flexibility index (Phi) is 4.74. The number of carbonyl (C=O) groups excluding carboxylic acids is 1. The highest BCUT2D eigenvalue weighted by Crippen LogP contribution is 2.37. The average Bonchev–Trinajstić information content (AvgIpc) is 2.14. The Bertz CT molecular complexity index is 229. The first-order chi connectivity index (χ1) is 6.79. The van der Waals surface area contributed by atoms with Gasteiger partial charge in [-0.05, 0) is 13.5 Å². The zero-order valence-corrected chi connectivity index (χ0v) is 10.5. The van der Waals surface area contributed by atoms with Gasteiger partial charge in [-0.3, -0.25) is 4.79 Å². The van der Waals surface area contributed by atoms with Crippen molar-refractivity contribution in [3.8, 4) is 0 Å². The number of likely N-dealkylation sites (tertiary alicyclic amines) is 1. The molecule has 3 N–H and O–H groups in total. The number of amides is 1. The summed E-state index contributed by atoms with van der Waals surface area (Å²) in [6, 6.07) is 0. The van der Waals surface area contributed by atoms with Crippen LogP contribution in [0, 0.1) is 5.41 Å². The Morgan fingerprint density at radius 3 is 2.20 bits per heavy atom. The van der Waals surface area contributed by atoms with E-state index in [1.807, 2.05) is 34.7 Å². The van der Waals surface area contributed by atoms with Crippen LogP contribution in [0.25, 0.3) is 0 Å². The Balaban J connectivity index is 0.000000921. The van der Waals surface area contributed by atoms with Crippen molar-refractivity contribution < 1.29 is 9.90 Å². The van der Waals surface area contributed by atoms with Crippen LogP contribution < -0.4 is 5.73 Å². The van der Waals surface area contributed by atoms with Gasteiger partial charge in [0.15, 0.2) is 0 Å². The largest absolute Gasteiger partial charge is 0.379 e. The zero-order valence-electron chi connectivity index (χ0n) is 10.5. The fourth-order valence-corrected chi connectivity index (χ4v) is 2.03. The smallest absolute Gasteiger partial charge is 0.250 e. The van der Waals surface area contributed by atoms with E-state index in [0.29, 0.717) is 19.5 Å². The highest BCUT2D eigenvalue weighted by atomic mass is 16.3. The number of hydrogen-bond acceptors (Lipinski definition) is 3. The number of nitrogens with two attached hydrogens (primary N) is 1. The lowest BCUT2D eigenvalue weighted by Gasteiger charge is -2.47. The second kappa shape index (κ2) is 4.94. The summed E-state index contributed by atoms with van der Waals surface area (Å²) in [5.41, 5.74) is 3.40. The number of aliphatic hydroxyl groups is 1. The SMILES string of the molecule is CC.CN1CCC(O)(C(N)=O)C(C)(C)C1. The van der Waals surface area contributed by atoms with E-state index in [-0.39, 0.29) is 0 Å². The molecule has 1 rings (SSSR count). The first kappa shape index (κ1) is 14.4. The minimum absolute atomic E-state index is 0.422. The topological polar surface area (TPSA) is 66.6 Å². The van der Waals surface area contributed by atoms with Gasteiger partial charge in [0.05, 0.1) is 0 Å². The highest BCUT2D eigenvalue weighted by Gasteiger charge is 2.51. The predicted molar refractivity (Wildman–Crippen MR) is 61.4 cm³/mol. The minimum atomic E-state index is -1.35. The van der Waals surface area contributed by atoms with Crippen molar-refractivity contribution in [3.05, 3.63) is 0 Å². The van der Waals surface area contributed by atoms with Gasteiger partial charge in [-0.25, -0.2) is 0 Å². The summed E-state index contributed by atoms with van der Waals surface area (Å²) < 4.78 is 0. The fourth-order valence-electron chi connectivity index (χ4n) is 2.03. The number of primary amides is 1. The van der Waals surface area contributed by atoms with Crippen LogP contribution in [0.2, 0.25) is 0 Å². The van der Waals surface area contributed by atoms with Crippen molar-refractivity contribution in [3.63, 3.8) is 0 Å². The molecule has 90 valence electrons. The van der Waals surface area contributed by atoms with Crippen molar-refractivity contribution in [1.82, 2.24) is 4.90 Å². The predicted octanol–water partition coefficient (Wildman–Crippen LogP) is 0.591. The Hall–Kier alpha value is -0.610. The van der Waals surface area contributed by atoms with Crippen molar-refractivity contribution in [2.45, 2.75) is 39.7 Å². The molecule has 0 radical (unpaired) electrons. The van der Waals surface area contributed by atoms with E-state index in [4.69, 9.17) is 5.73 Å². The summed E-state index contributed by atoms with van der Waals surface area (Å²) in [6.07, 6.45) is 0.422. The van der Waals surface area contributed by atoms with E-state index in [2.05, 4.69) is 4.90 Å². The van der Waals surface area contributed by atoms with Crippen molar-refractivity contribution in [2.75, 3.05) is 20.1 Å². The second-order valence-electron chi connectivity index (χ2n) is 4.60. The summed E-state index contributed by atoms with van der Waals surface area (Å²) >= 11 is 0. The standard InChI is InChI=1S/C9H18N2O2.C2H6/c1-8(2)6-11(3)5-4-9(8,13)7(10)12;1-2/h13H,4-6H2,1-3H3,(H2,10,12);1-2H3. The number of carbonyl (C=O) groups is 1. The number of rotatable bonds is 1. The summed E-state index contributed by atoms with van der Waals surface area (Å²) in [4.78, 5) is 13.2. The van der Waals surface area contributed by atoms with Crippen LogP contribution in [0.3, 0.4) is 0 Å². The molecule has 1 aliphatic rings. The van der Waals surface area contributed by atoms with Crippen molar-refractivity contribution in [2.24, 2.45) is 11.1 Å². The van der Waals surface area contributed by atoms with Gasteiger partial charge in [-0.15, -0.1) is 0 Å². The van der Waals surface area contributed by atoms with Gasteiger partial charge in [-0.1, -0.05) is 27.7 Å². The molecule has 4 nitrogen and oxygen atoms in total. The first-order valence-corrected chi connectivity index (χ1v) is 5.50. The molecule has 15 heavy (non-hydrogen) atoms. The van der Waals surface area contributed by atoms with Crippen molar-refractivity contribution in [1.29, 1.82) is 0 Å². The molecule has 1 unspecified atom stereocenters. The summed E-state index contributed by atoms with van der Waals surface area (Å²) in [5, 5.41) is 10.1. The van der Waals surface area contributed by atoms with Gasteiger partial charge >= 0.3 is 0 Å². The third-order valence-electron chi connectivity index (χ3n) is 3.05. The minimum Gasteiger partial charge on any atom is -0.379 e. The maximum Gasteiger partial charge on any atom is 0.250 e.